The van der Waals surface area contributed by atoms with E-state index in [1.807, 2.05) is 0 Å². The largest absolute Gasteiger partial charge is 0.481 e. The summed E-state index contributed by atoms with van der Waals surface area (Å²) >= 11 is 5.73. The lowest BCUT2D eigenvalue weighted by atomic mass is 10.2. The number of nitro groups is 1. The number of rotatable bonds is 6. The molecule has 2 aromatic rings. The van der Waals surface area contributed by atoms with Crippen LogP contribution in [0.2, 0.25) is 0 Å². The van der Waals surface area contributed by atoms with Crippen molar-refractivity contribution in [2.24, 2.45) is 0 Å². The Kier molecular flexibility index (Phi) is 4.94. The lowest BCUT2D eigenvalue weighted by molar-refractivity contribution is -0.386. The van der Waals surface area contributed by atoms with Gasteiger partial charge < -0.3 is 9.47 Å². The van der Waals surface area contributed by atoms with Crippen molar-refractivity contribution in [2.75, 3.05) is 7.11 Å². The van der Waals surface area contributed by atoms with E-state index in [0.717, 1.165) is 5.56 Å². The van der Waals surface area contributed by atoms with Crippen molar-refractivity contribution in [3.8, 4) is 11.6 Å². The molecule has 21 heavy (non-hydrogen) atoms. The number of aromatic nitrogens is 1. The van der Waals surface area contributed by atoms with Crippen molar-refractivity contribution in [1.82, 2.24) is 4.98 Å². The first-order valence-corrected chi connectivity index (χ1v) is 6.63. The van der Waals surface area contributed by atoms with Gasteiger partial charge in [0.25, 0.3) is 0 Å². The van der Waals surface area contributed by atoms with E-state index < -0.39 is 4.92 Å². The number of nitro benzene ring substituents is 1. The normalized spacial score (nSPS) is 10.2. The third-order valence-electron chi connectivity index (χ3n) is 2.74. The van der Waals surface area contributed by atoms with Crippen molar-refractivity contribution in [1.29, 1.82) is 0 Å². The first-order chi connectivity index (χ1) is 10.1. The lowest BCUT2D eigenvalue weighted by Gasteiger charge is -2.08. The molecule has 1 aromatic carbocycles. The van der Waals surface area contributed by atoms with Gasteiger partial charge in [-0.1, -0.05) is 12.1 Å². The van der Waals surface area contributed by atoms with E-state index in [1.165, 1.54) is 13.2 Å². The minimum absolute atomic E-state index is 0.101. The van der Waals surface area contributed by atoms with Gasteiger partial charge in [0.05, 0.1) is 17.7 Å². The van der Waals surface area contributed by atoms with Crippen LogP contribution in [0, 0.1) is 10.1 Å². The summed E-state index contributed by atoms with van der Waals surface area (Å²) in [6.45, 7) is 0.101. The van der Waals surface area contributed by atoms with Crippen LogP contribution in [0.4, 0.5) is 5.69 Å². The molecule has 110 valence electrons. The van der Waals surface area contributed by atoms with Crippen molar-refractivity contribution in [2.45, 2.75) is 12.5 Å². The highest BCUT2D eigenvalue weighted by Crippen LogP contribution is 2.29. The second-order valence-corrected chi connectivity index (χ2v) is 4.42. The molecule has 0 bridgehead atoms. The molecule has 0 radical (unpaired) electrons. The van der Waals surface area contributed by atoms with Gasteiger partial charge in [-0.15, -0.1) is 11.6 Å². The van der Waals surface area contributed by atoms with E-state index in [9.17, 15) is 10.1 Å². The predicted molar refractivity (Wildman–Crippen MR) is 77.8 cm³/mol. The van der Waals surface area contributed by atoms with Crippen LogP contribution in [0.3, 0.4) is 0 Å². The molecule has 0 amide bonds. The van der Waals surface area contributed by atoms with E-state index >= 15 is 0 Å². The Morgan fingerprint density at radius 3 is 2.81 bits per heavy atom. The number of halogens is 1. The Morgan fingerprint density at radius 2 is 2.14 bits per heavy atom. The average molecular weight is 309 g/mol. The first kappa shape index (κ1) is 15.1. The fourth-order valence-electron chi connectivity index (χ4n) is 1.71. The molecule has 0 atom stereocenters. The maximum Gasteiger partial charge on any atom is 0.310 e. The zero-order valence-electron chi connectivity index (χ0n) is 11.3. The molecule has 0 N–H and O–H groups in total. The smallest absolute Gasteiger partial charge is 0.310 e. The standard InChI is InChI=1S/C14H13ClN2O4/c1-20-14-4-2-3-11(16-14)9-21-13-7-10(8-15)5-6-12(13)17(18)19/h2-7H,8-9H2,1H3. The van der Waals surface area contributed by atoms with Crippen LogP contribution in [-0.2, 0) is 12.5 Å². The number of benzene rings is 1. The van der Waals surface area contributed by atoms with Gasteiger partial charge >= 0.3 is 5.69 Å². The first-order valence-electron chi connectivity index (χ1n) is 6.10. The Hall–Kier alpha value is -2.34. The summed E-state index contributed by atoms with van der Waals surface area (Å²) in [6.07, 6.45) is 0. The summed E-state index contributed by atoms with van der Waals surface area (Å²) in [5.41, 5.74) is 1.25. The number of methoxy groups -OCH3 is 1. The van der Waals surface area contributed by atoms with Crippen LogP contribution in [0.25, 0.3) is 0 Å². The van der Waals surface area contributed by atoms with Crippen molar-refractivity contribution in [3.63, 3.8) is 0 Å². The third-order valence-corrected chi connectivity index (χ3v) is 3.05. The minimum atomic E-state index is -0.494. The molecule has 0 aliphatic heterocycles. The second kappa shape index (κ2) is 6.90. The molecule has 7 heteroatoms. The highest BCUT2D eigenvalue weighted by atomic mass is 35.5. The van der Waals surface area contributed by atoms with Crippen molar-refractivity contribution < 1.29 is 14.4 Å². The van der Waals surface area contributed by atoms with E-state index in [0.29, 0.717) is 11.6 Å². The van der Waals surface area contributed by atoms with E-state index in [-0.39, 0.29) is 23.9 Å². The molecule has 0 saturated heterocycles. The summed E-state index contributed by atoms with van der Waals surface area (Å²) < 4.78 is 10.5. The van der Waals surface area contributed by atoms with Crippen LogP contribution < -0.4 is 9.47 Å². The molecule has 0 fully saturated rings. The van der Waals surface area contributed by atoms with Gasteiger partial charge in [0.1, 0.15) is 6.61 Å². The predicted octanol–water partition coefficient (Wildman–Crippen LogP) is 3.32. The maximum absolute atomic E-state index is 11.0. The zero-order chi connectivity index (χ0) is 15.2. The highest BCUT2D eigenvalue weighted by molar-refractivity contribution is 6.17. The zero-order valence-corrected chi connectivity index (χ0v) is 12.0. The SMILES string of the molecule is COc1cccc(COc2cc(CCl)ccc2[N+](=O)[O-])n1. The number of nitrogens with zero attached hydrogens (tertiary/aromatic N) is 2. The summed E-state index contributed by atoms with van der Waals surface area (Å²) in [5, 5.41) is 11.0. The highest BCUT2D eigenvalue weighted by Gasteiger charge is 2.16. The molecular weight excluding hydrogens is 296 g/mol. The number of pyridine rings is 1. The van der Waals surface area contributed by atoms with E-state index in [2.05, 4.69) is 4.98 Å². The van der Waals surface area contributed by atoms with Gasteiger partial charge in [-0.25, -0.2) is 4.98 Å². The topological polar surface area (TPSA) is 74.5 Å². The van der Waals surface area contributed by atoms with Gasteiger partial charge in [0, 0.05) is 18.0 Å². The Labute approximate surface area is 126 Å². The van der Waals surface area contributed by atoms with E-state index in [1.54, 1.807) is 30.3 Å². The molecule has 0 saturated carbocycles. The molecule has 0 spiro atoms. The number of alkyl halides is 1. The maximum atomic E-state index is 11.0. The molecule has 2 rings (SSSR count). The molecule has 0 aliphatic rings. The lowest BCUT2D eigenvalue weighted by Crippen LogP contribution is -2.02. The summed E-state index contributed by atoms with van der Waals surface area (Å²) in [4.78, 5) is 14.7. The number of hydrogen-bond donors (Lipinski definition) is 0. The summed E-state index contributed by atoms with van der Waals surface area (Å²) in [6, 6.07) is 9.77. The molecule has 6 nitrogen and oxygen atoms in total. The van der Waals surface area contributed by atoms with Crippen LogP contribution in [0.5, 0.6) is 11.6 Å². The van der Waals surface area contributed by atoms with Gasteiger partial charge in [-0.2, -0.15) is 0 Å². The average Bonchev–Trinajstić information content (AvgIpc) is 2.52. The minimum Gasteiger partial charge on any atom is -0.481 e. The van der Waals surface area contributed by atoms with E-state index in [4.69, 9.17) is 21.1 Å². The quantitative estimate of drug-likeness (QED) is 0.465. The van der Waals surface area contributed by atoms with Crippen LogP contribution in [0.1, 0.15) is 11.3 Å². The Balaban J connectivity index is 2.19. The second-order valence-electron chi connectivity index (χ2n) is 4.15. The van der Waals surface area contributed by atoms with Gasteiger partial charge in [-0.05, 0) is 17.7 Å². The van der Waals surface area contributed by atoms with Crippen LogP contribution >= 0.6 is 11.6 Å². The van der Waals surface area contributed by atoms with Crippen molar-refractivity contribution in [3.05, 3.63) is 57.8 Å². The summed E-state index contributed by atoms with van der Waals surface area (Å²) in [7, 11) is 1.52. The van der Waals surface area contributed by atoms with Gasteiger partial charge in [0.15, 0.2) is 5.75 Å². The Morgan fingerprint density at radius 1 is 1.33 bits per heavy atom. The monoisotopic (exact) mass is 308 g/mol. The molecule has 1 aromatic heterocycles. The number of hydrogen-bond acceptors (Lipinski definition) is 5. The fourth-order valence-corrected chi connectivity index (χ4v) is 1.88. The van der Waals surface area contributed by atoms with Crippen LogP contribution in [0.15, 0.2) is 36.4 Å². The van der Waals surface area contributed by atoms with Crippen LogP contribution in [-0.4, -0.2) is 17.0 Å². The van der Waals surface area contributed by atoms with Crippen molar-refractivity contribution >= 4 is 17.3 Å². The molecular formula is C14H13ClN2O4. The number of ether oxygens (including phenoxy) is 2. The Bertz CT molecular complexity index is 649. The fraction of sp³-hybridized carbons (Fsp3) is 0.214. The van der Waals surface area contributed by atoms with Gasteiger partial charge in [-0.3, -0.25) is 10.1 Å². The summed E-state index contributed by atoms with van der Waals surface area (Å²) in [5.74, 6) is 0.883. The van der Waals surface area contributed by atoms with Gasteiger partial charge in [0.2, 0.25) is 5.88 Å². The molecule has 0 aliphatic carbocycles. The molecule has 1 heterocycles. The third kappa shape index (κ3) is 3.82. The molecule has 0 unspecified atom stereocenters.